The van der Waals surface area contributed by atoms with Gasteiger partial charge in [-0.15, -0.1) is 0 Å². The van der Waals surface area contributed by atoms with Crippen molar-refractivity contribution in [1.82, 2.24) is 0 Å². The molecule has 0 N–H and O–H groups in total. The largest absolute Gasteiger partial charge is 0.496 e. The summed E-state index contributed by atoms with van der Waals surface area (Å²) in [7, 11) is 0.846. The summed E-state index contributed by atoms with van der Waals surface area (Å²) in [5, 5.41) is 0.632. The second-order valence-corrected chi connectivity index (χ2v) is 3.71. The molecule has 0 radical (unpaired) electrons. The zero-order valence-corrected chi connectivity index (χ0v) is 8.03. The number of hydrogen-bond acceptors (Lipinski definition) is 3. The molecule has 0 amide bonds. The van der Waals surface area contributed by atoms with Gasteiger partial charge in [0.25, 0.3) is 0 Å². The third-order valence-corrected chi connectivity index (χ3v) is 2.74. The van der Waals surface area contributed by atoms with Gasteiger partial charge < -0.3 is 9.26 Å². The number of ether oxygens (including phenoxy) is 1. The average Bonchev–Trinajstić information content (AvgIpc) is 2.16. The third-order valence-electron chi connectivity index (χ3n) is 1.51. The fraction of sp³-hybridized carbons (Fsp3) is 0.250. The van der Waals surface area contributed by atoms with Crippen LogP contribution in [0.1, 0.15) is 0 Å². The Morgan fingerprint density at radius 2 is 1.92 bits per heavy atom. The minimum atomic E-state index is -2.12. The monoisotopic (exact) mass is 186 g/mol. The van der Waals surface area contributed by atoms with Crippen LogP contribution in [0, 0.1) is 0 Å². The molecule has 4 heteroatoms. The summed E-state index contributed by atoms with van der Waals surface area (Å²) >= 11 is 0. The van der Waals surface area contributed by atoms with Crippen LogP contribution in [0.25, 0.3) is 0 Å². The summed E-state index contributed by atoms with van der Waals surface area (Å²) in [5.41, 5.74) is 0. The van der Waals surface area contributed by atoms with Gasteiger partial charge in [0.1, 0.15) is 5.75 Å². The van der Waals surface area contributed by atoms with Gasteiger partial charge in [0.2, 0.25) is 8.03 Å². The molecule has 0 heterocycles. The Balaban J connectivity index is 3.04. The Morgan fingerprint density at radius 1 is 1.25 bits per heavy atom. The zero-order chi connectivity index (χ0) is 8.97. The molecule has 12 heavy (non-hydrogen) atoms. The highest BCUT2D eigenvalue weighted by atomic mass is 31.1. The van der Waals surface area contributed by atoms with Crippen LogP contribution in [0.2, 0.25) is 0 Å². The van der Waals surface area contributed by atoms with Crippen molar-refractivity contribution in [1.29, 1.82) is 0 Å². The van der Waals surface area contributed by atoms with Crippen LogP contribution in [-0.2, 0) is 9.09 Å². The molecule has 0 saturated carbocycles. The standard InChI is InChI=1S/C8H11O3P/c1-10-7-5-3-4-6-8(7)12(9)11-2/h3-6,12H,1-2H3. The van der Waals surface area contributed by atoms with Crippen LogP contribution in [0.4, 0.5) is 0 Å². The van der Waals surface area contributed by atoms with E-state index in [1.807, 2.05) is 6.07 Å². The van der Waals surface area contributed by atoms with Crippen molar-refractivity contribution in [3.05, 3.63) is 24.3 Å². The molecule has 1 atom stereocenters. The number of hydrogen-bond donors (Lipinski definition) is 0. The molecule has 0 saturated heterocycles. The van der Waals surface area contributed by atoms with E-state index in [-0.39, 0.29) is 0 Å². The highest BCUT2D eigenvalue weighted by Crippen LogP contribution is 2.25. The van der Waals surface area contributed by atoms with Crippen molar-refractivity contribution in [2.45, 2.75) is 0 Å². The van der Waals surface area contributed by atoms with Crippen molar-refractivity contribution in [2.24, 2.45) is 0 Å². The summed E-state index contributed by atoms with van der Waals surface area (Å²) in [4.78, 5) is 0. The second-order valence-electron chi connectivity index (χ2n) is 2.19. The first kappa shape index (κ1) is 9.30. The van der Waals surface area contributed by atoms with Crippen LogP contribution >= 0.6 is 8.03 Å². The van der Waals surface area contributed by atoms with Gasteiger partial charge in [0.05, 0.1) is 12.4 Å². The Labute approximate surface area is 72.2 Å². The van der Waals surface area contributed by atoms with E-state index in [0.29, 0.717) is 11.1 Å². The molecule has 66 valence electrons. The van der Waals surface area contributed by atoms with E-state index >= 15 is 0 Å². The Bertz CT molecular complexity index is 285. The molecule has 1 aromatic rings. The van der Waals surface area contributed by atoms with Crippen molar-refractivity contribution in [3.8, 4) is 5.75 Å². The van der Waals surface area contributed by atoms with Gasteiger partial charge in [-0.05, 0) is 12.1 Å². The quantitative estimate of drug-likeness (QED) is 0.670. The van der Waals surface area contributed by atoms with E-state index in [1.54, 1.807) is 25.3 Å². The van der Waals surface area contributed by atoms with Gasteiger partial charge >= 0.3 is 0 Å². The number of para-hydroxylation sites is 1. The first-order chi connectivity index (χ1) is 5.79. The molecule has 0 aliphatic heterocycles. The molecule has 0 fully saturated rings. The van der Waals surface area contributed by atoms with E-state index in [0.717, 1.165) is 0 Å². The molecule has 3 nitrogen and oxygen atoms in total. The smallest absolute Gasteiger partial charge is 0.224 e. The number of rotatable bonds is 3. The first-order valence-electron chi connectivity index (χ1n) is 3.51. The molecule has 0 bridgehead atoms. The molecular formula is C8H11O3P. The lowest BCUT2D eigenvalue weighted by molar-refractivity contribution is 0.408. The van der Waals surface area contributed by atoms with Gasteiger partial charge in [-0.1, -0.05) is 12.1 Å². The van der Waals surface area contributed by atoms with E-state index in [1.165, 1.54) is 7.11 Å². The van der Waals surface area contributed by atoms with Gasteiger partial charge in [0, 0.05) is 7.11 Å². The van der Waals surface area contributed by atoms with Crippen LogP contribution in [0.3, 0.4) is 0 Å². The summed E-state index contributed by atoms with van der Waals surface area (Å²) in [6.07, 6.45) is 0. The van der Waals surface area contributed by atoms with E-state index in [4.69, 9.17) is 9.26 Å². The van der Waals surface area contributed by atoms with E-state index < -0.39 is 8.03 Å². The van der Waals surface area contributed by atoms with Crippen LogP contribution in [0.5, 0.6) is 5.75 Å². The SMILES string of the molecule is COc1ccccc1[PH](=O)OC. The predicted molar refractivity (Wildman–Crippen MR) is 48.6 cm³/mol. The fourth-order valence-electron chi connectivity index (χ4n) is 0.923. The molecule has 1 rings (SSSR count). The Morgan fingerprint density at radius 3 is 2.50 bits per heavy atom. The number of benzene rings is 1. The molecular weight excluding hydrogens is 175 g/mol. The minimum absolute atomic E-state index is 0.614. The second kappa shape index (κ2) is 4.29. The molecule has 0 aliphatic rings. The lowest BCUT2D eigenvalue weighted by Crippen LogP contribution is -2.02. The molecule has 0 aromatic heterocycles. The molecule has 0 spiro atoms. The molecule has 1 unspecified atom stereocenters. The third kappa shape index (κ3) is 1.87. The van der Waals surface area contributed by atoms with Gasteiger partial charge in [-0.3, -0.25) is 4.57 Å². The molecule has 0 aliphatic carbocycles. The van der Waals surface area contributed by atoms with Crippen molar-refractivity contribution < 1.29 is 13.8 Å². The fourth-order valence-corrected chi connectivity index (χ4v) is 1.76. The summed E-state index contributed by atoms with van der Waals surface area (Å²) in [6.45, 7) is 0. The minimum Gasteiger partial charge on any atom is -0.496 e. The highest BCUT2D eigenvalue weighted by Gasteiger charge is 2.07. The van der Waals surface area contributed by atoms with E-state index in [2.05, 4.69) is 0 Å². The summed E-state index contributed by atoms with van der Waals surface area (Å²) in [6, 6.07) is 7.13. The van der Waals surface area contributed by atoms with Gasteiger partial charge in [-0.2, -0.15) is 0 Å². The van der Waals surface area contributed by atoms with Gasteiger partial charge in [0.15, 0.2) is 0 Å². The Kier molecular flexibility index (Phi) is 3.32. The topological polar surface area (TPSA) is 35.5 Å². The average molecular weight is 186 g/mol. The van der Waals surface area contributed by atoms with E-state index in [9.17, 15) is 4.57 Å². The summed E-state index contributed by atoms with van der Waals surface area (Å²) in [5.74, 6) is 0.614. The maximum Gasteiger partial charge on any atom is 0.224 e. The van der Waals surface area contributed by atoms with Crippen molar-refractivity contribution >= 4 is 13.3 Å². The predicted octanol–water partition coefficient (Wildman–Crippen LogP) is 1.44. The summed E-state index contributed by atoms with van der Waals surface area (Å²) < 4.78 is 21.0. The zero-order valence-electron chi connectivity index (χ0n) is 7.03. The maximum atomic E-state index is 11.3. The Hall–Kier alpha value is -0.790. The maximum absolute atomic E-state index is 11.3. The first-order valence-corrected chi connectivity index (χ1v) is 4.82. The van der Waals surface area contributed by atoms with Crippen LogP contribution in [0.15, 0.2) is 24.3 Å². The lowest BCUT2D eigenvalue weighted by Gasteiger charge is -2.05. The van der Waals surface area contributed by atoms with Crippen LogP contribution in [-0.4, -0.2) is 14.2 Å². The van der Waals surface area contributed by atoms with Crippen molar-refractivity contribution in [3.63, 3.8) is 0 Å². The lowest BCUT2D eigenvalue weighted by atomic mass is 10.3. The van der Waals surface area contributed by atoms with Gasteiger partial charge in [-0.25, -0.2) is 0 Å². The number of methoxy groups -OCH3 is 1. The highest BCUT2D eigenvalue weighted by molar-refractivity contribution is 7.48. The van der Waals surface area contributed by atoms with Crippen molar-refractivity contribution in [2.75, 3.05) is 14.2 Å². The van der Waals surface area contributed by atoms with Crippen LogP contribution < -0.4 is 10.0 Å². The normalized spacial score (nSPS) is 12.5. The molecule has 1 aromatic carbocycles.